The van der Waals surface area contributed by atoms with Gasteiger partial charge in [-0.15, -0.1) is 0 Å². The van der Waals surface area contributed by atoms with Crippen LogP contribution in [-0.2, 0) is 35.4 Å². The molecular weight excluding hydrogens is 372 g/mol. The van der Waals surface area contributed by atoms with Crippen LogP contribution in [0.3, 0.4) is 0 Å². The Hall–Kier alpha value is -2.30. The first kappa shape index (κ1) is 19.5. The van der Waals surface area contributed by atoms with Crippen LogP contribution in [0.4, 0.5) is 0 Å². The first-order chi connectivity index (χ1) is 12.8. The summed E-state index contributed by atoms with van der Waals surface area (Å²) in [5, 5.41) is 0. The van der Waals surface area contributed by atoms with E-state index < -0.39 is 26.2 Å². The van der Waals surface area contributed by atoms with Gasteiger partial charge in [0.05, 0.1) is 18.3 Å². The summed E-state index contributed by atoms with van der Waals surface area (Å²) < 4.78 is 35.2. The molecule has 2 aromatic heterocycles. The lowest BCUT2D eigenvalue weighted by Crippen LogP contribution is -2.44. The number of ether oxygens (including phenoxy) is 1. The molecule has 0 spiro atoms. The largest absolute Gasteiger partial charge is 0.377 e. The first-order valence-corrected chi connectivity index (χ1v) is 10.0. The third kappa shape index (κ3) is 4.02. The maximum atomic E-state index is 13.3. The van der Waals surface area contributed by atoms with Gasteiger partial charge in [0.15, 0.2) is 4.90 Å². The number of aryl methyl sites for hydroxylation is 1. The van der Waals surface area contributed by atoms with Crippen molar-refractivity contribution in [1.82, 2.24) is 18.4 Å². The second-order valence-electron chi connectivity index (χ2n) is 6.50. The van der Waals surface area contributed by atoms with Crippen LogP contribution in [0.1, 0.15) is 18.5 Å². The van der Waals surface area contributed by atoms with Gasteiger partial charge in [-0.1, -0.05) is 6.07 Å². The van der Waals surface area contributed by atoms with Gasteiger partial charge in [-0.3, -0.25) is 14.3 Å². The Morgan fingerprint density at radius 2 is 2.07 bits per heavy atom. The average molecular weight is 394 g/mol. The summed E-state index contributed by atoms with van der Waals surface area (Å²) in [6, 6.07) is 5.23. The zero-order chi connectivity index (χ0) is 19.6. The Bertz CT molecular complexity index is 1020. The van der Waals surface area contributed by atoms with Crippen molar-refractivity contribution in [2.24, 2.45) is 14.1 Å². The fraction of sp³-hybridized carbons (Fsp3) is 0.471. The molecule has 1 aliphatic rings. The van der Waals surface area contributed by atoms with Crippen molar-refractivity contribution in [3.8, 4) is 0 Å². The molecular formula is C17H22N4O5S. The molecule has 1 unspecified atom stereocenters. The van der Waals surface area contributed by atoms with E-state index in [2.05, 4.69) is 4.98 Å². The number of hydrogen-bond donors (Lipinski definition) is 0. The molecule has 0 bridgehead atoms. The van der Waals surface area contributed by atoms with E-state index >= 15 is 0 Å². The average Bonchev–Trinajstić information content (AvgIpc) is 3.16. The van der Waals surface area contributed by atoms with Crippen LogP contribution in [0.2, 0.25) is 0 Å². The van der Waals surface area contributed by atoms with E-state index in [-0.39, 0.29) is 19.2 Å². The number of rotatable bonds is 6. The molecule has 1 saturated heterocycles. The van der Waals surface area contributed by atoms with Gasteiger partial charge in [0.1, 0.15) is 0 Å². The Labute approximate surface area is 156 Å². The Morgan fingerprint density at radius 1 is 1.30 bits per heavy atom. The molecule has 1 atom stereocenters. The summed E-state index contributed by atoms with van der Waals surface area (Å²) in [6.45, 7) is 0.712. The molecule has 10 heteroatoms. The van der Waals surface area contributed by atoms with Crippen molar-refractivity contribution >= 4 is 10.0 Å². The summed E-state index contributed by atoms with van der Waals surface area (Å²) in [5.41, 5.74) is -0.883. The number of nitrogens with zero attached hydrogens (tertiary/aromatic N) is 4. The predicted octanol–water partition coefficient (Wildman–Crippen LogP) is -0.151. The molecule has 0 saturated carbocycles. The summed E-state index contributed by atoms with van der Waals surface area (Å²) in [7, 11) is -1.50. The standard InChI is InChI=1S/C17H22N4O5S/c1-19-12-15(16(22)20(2)17(19)23)27(24,25)21(11-14-7-5-9-26-14)10-13-6-3-4-8-18-13/h3-4,6,8,12,14H,5,7,9-11H2,1-2H3. The fourth-order valence-corrected chi connectivity index (χ4v) is 4.62. The van der Waals surface area contributed by atoms with Crippen LogP contribution < -0.4 is 11.2 Å². The number of pyridine rings is 1. The van der Waals surface area contributed by atoms with Gasteiger partial charge < -0.3 is 9.30 Å². The topological polar surface area (TPSA) is 104 Å². The maximum Gasteiger partial charge on any atom is 0.330 e. The van der Waals surface area contributed by atoms with Gasteiger partial charge in [0, 0.05) is 39.6 Å². The second kappa shape index (κ2) is 7.75. The van der Waals surface area contributed by atoms with Gasteiger partial charge >= 0.3 is 5.69 Å². The van der Waals surface area contributed by atoms with Crippen molar-refractivity contribution in [2.75, 3.05) is 13.2 Å². The molecule has 27 heavy (non-hydrogen) atoms. The van der Waals surface area contributed by atoms with Crippen LogP contribution in [0.25, 0.3) is 0 Å². The van der Waals surface area contributed by atoms with E-state index in [1.165, 1.54) is 18.4 Å². The van der Waals surface area contributed by atoms with Gasteiger partial charge in [0.25, 0.3) is 5.56 Å². The zero-order valence-corrected chi connectivity index (χ0v) is 16.1. The highest BCUT2D eigenvalue weighted by Gasteiger charge is 2.32. The minimum atomic E-state index is -4.16. The molecule has 2 aromatic rings. The minimum Gasteiger partial charge on any atom is -0.377 e. The van der Waals surface area contributed by atoms with E-state index in [9.17, 15) is 18.0 Å². The summed E-state index contributed by atoms with van der Waals surface area (Å²) >= 11 is 0. The molecule has 0 amide bonds. The van der Waals surface area contributed by atoms with Gasteiger partial charge in [-0.25, -0.2) is 13.2 Å². The Balaban J connectivity index is 2.04. The summed E-state index contributed by atoms with van der Waals surface area (Å²) in [5.74, 6) is 0. The molecule has 3 heterocycles. The Morgan fingerprint density at radius 3 is 2.70 bits per heavy atom. The van der Waals surface area contributed by atoms with Gasteiger partial charge in [0.2, 0.25) is 10.0 Å². The first-order valence-electron chi connectivity index (χ1n) is 8.59. The van der Waals surface area contributed by atoms with Crippen LogP contribution >= 0.6 is 0 Å². The molecule has 1 aliphatic heterocycles. The smallest absolute Gasteiger partial charge is 0.330 e. The molecule has 0 aromatic carbocycles. The van der Waals surface area contributed by atoms with E-state index in [1.54, 1.807) is 24.4 Å². The molecule has 0 N–H and O–H groups in total. The molecule has 3 rings (SSSR count). The lowest BCUT2D eigenvalue weighted by molar-refractivity contribution is 0.0923. The maximum absolute atomic E-state index is 13.3. The quantitative estimate of drug-likeness (QED) is 0.675. The van der Waals surface area contributed by atoms with Crippen LogP contribution in [0.15, 0.2) is 45.1 Å². The number of sulfonamides is 1. The number of hydrogen-bond acceptors (Lipinski definition) is 6. The lowest BCUT2D eigenvalue weighted by atomic mass is 10.2. The van der Waals surface area contributed by atoms with Gasteiger partial charge in [-0.05, 0) is 25.0 Å². The highest BCUT2D eigenvalue weighted by atomic mass is 32.2. The third-order valence-corrected chi connectivity index (χ3v) is 6.32. The molecule has 0 aliphatic carbocycles. The normalized spacial score (nSPS) is 17.5. The van der Waals surface area contributed by atoms with Gasteiger partial charge in [-0.2, -0.15) is 4.31 Å². The van der Waals surface area contributed by atoms with Crippen LogP contribution in [-0.4, -0.2) is 46.1 Å². The monoisotopic (exact) mass is 394 g/mol. The van der Waals surface area contributed by atoms with Crippen molar-refractivity contribution in [2.45, 2.75) is 30.4 Å². The highest BCUT2D eigenvalue weighted by Crippen LogP contribution is 2.20. The Kier molecular flexibility index (Phi) is 5.59. The summed E-state index contributed by atoms with van der Waals surface area (Å²) in [6.07, 6.45) is 4.03. The van der Waals surface area contributed by atoms with Crippen molar-refractivity contribution < 1.29 is 13.2 Å². The van der Waals surface area contributed by atoms with E-state index in [0.29, 0.717) is 12.3 Å². The lowest BCUT2D eigenvalue weighted by Gasteiger charge is -2.24. The molecule has 9 nitrogen and oxygen atoms in total. The summed E-state index contributed by atoms with van der Waals surface area (Å²) in [4.78, 5) is 28.1. The predicted molar refractivity (Wildman–Crippen MR) is 97.7 cm³/mol. The molecule has 1 fully saturated rings. The third-order valence-electron chi connectivity index (χ3n) is 4.53. The van der Waals surface area contributed by atoms with Crippen molar-refractivity contribution in [1.29, 1.82) is 0 Å². The van der Waals surface area contributed by atoms with Crippen LogP contribution in [0.5, 0.6) is 0 Å². The van der Waals surface area contributed by atoms with Crippen LogP contribution in [0, 0.1) is 0 Å². The van der Waals surface area contributed by atoms with E-state index in [0.717, 1.165) is 28.2 Å². The van der Waals surface area contributed by atoms with Crippen molar-refractivity contribution in [3.05, 3.63) is 57.1 Å². The highest BCUT2D eigenvalue weighted by molar-refractivity contribution is 7.89. The molecule has 146 valence electrons. The van der Waals surface area contributed by atoms with E-state index in [1.807, 2.05) is 0 Å². The minimum absolute atomic E-state index is 0.00896. The van der Waals surface area contributed by atoms with Crippen molar-refractivity contribution in [3.63, 3.8) is 0 Å². The fourth-order valence-electron chi connectivity index (χ4n) is 3.03. The zero-order valence-electron chi connectivity index (χ0n) is 15.2. The number of aromatic nitrogens is 3. The molecule has 0 radical (unpaired) electrons. The SMILES string of the molecule is Cn1cc(S(=O)(=O)N(Cc2ccccn2)CC2CCCO2)c(=O)n(C)c1=O. The van der Waals surface area contributed by atoms with E-state index in [4.69, 9.17) is 4.74 Å². The second-order valence-corrected chi connectivity index (χ2v) is 8.41.